The molecule has 1 saturated carbocycles. The van der Waals surface area contributed by atoms with Gasteiger partial charge in [0.1, 0.15) is 5.82 Å². The van der Waals surface area contributed by atoms with E-state index in [-0.39, 0.29) is 17.9 Å². The van der Waals surface area contributed by atoms with Crippen molar-refractivity contribution in [3.63, 3.8) is 0 Å². The molecule has 4 N–H and O–H groups in total. The molecule has 1 saturated heterocycles. The summed E-state index contributed by atoms with van der Waals surface area (Å²) in [5.74, 6) is 0.239. The fourth-order valence-corrected chi connectivity index (χ4v) is 4.98. The second kappa shape index (κ2) is 12.0. The van der Waals surface area contributed by atoms with Crippen LogP contribution in [-0.4, -0.2) is 81.4 Å². The Morgan fingerprint density at radius 3 is 2.42 bits per heavy atom. The molecule has 4 rings (SSSR count). The molecule has 0 bridgehead atoms. The zero-order chi connectivity index (χ0) is 25.5. The van der Waals surface area contributed by atoms with E-state index in [1.807, 2.05) is 24.3 Å². The van der Waals surface area contributed by atoms with Crippen molar-refractivity contribution >= 4 is 17.9 Å². The molecule has 0 unspecified atom stereocenters. The number of anilines is 1. The summed E-state index contributed by atoms with van der Waals surface area (Å²) in [4.78, 5) is 44.0. The average molecular weight is 498 g/mol. The van der Waals surface area contributed by atoms with Gasteiger partial charge in [-0.15, -0.1) is 0 Å². The fraction of sp³-hybridized carbons (Fsp3) is 0.520. The van der Waals surface area contributed by atoms with E-state index < -0.39 is 11.8 Å². The summed E-state index contributed by atoms with van der Waals surface area (Å²) in [6.07, 6.45) is 4.32. The van der Waals surface area contributed by atoms with E-state index in [0.717, 1.165) is 57.4 Å². The Balaban J connectivity index is 1.34. The summed E-state index contributed by atoms with van der Waals surface area (Å²) in [5.41, 5.74) is 1.40. The maximum atomic E-state index is 12.6. The molecule has 3 amide bonds. The van der Waals surface area contributed by atoms with Gasteiger partial charge in [0, 0.05) is 51.0 Å². The highest BCUT2D eigenvalue weighted by molar-refractivity contribution is 5.88. The molecule has 1 aliphatic carbocycles. The quantitative estimate of drug-likeness (QED) is 0.460. The Bertz CT molecular complexity index is 1090. The molecule has 194 valence electrons. The lowest BCUT2D eigenvalue weighted by Gasteiger charge is -2.36. The molecular weight excluding hydrogens is 462 g/mol. The highest BCUT2D eigenvalue weighted by atomic mass is 16.4. The van der Waals surface area contributed by atoms with Crippen molar-refractivity contribution in [1.29, 1.82) is 0 Å². The van der Waals surface area contributed by atoms with Crippen LogP contribution in [0.15, 0.2) is 41.3 Å². The van der Waals surface area contributed by atoms with Crippen LogP contribution in [0.5, 0.6) is 0 Å². The molecule has 2 fully saturated rings. The third-order valence-corrected chi connectivity index (χ3v) is 6.99. The summed E-state index contributed by atoms with van der Waals surface area (Å²) in [5, 5.41) is 17.4. The van der Waals surface area contributed by atoms with Crippen molar-refractivity contribution in [2.24, 2.45) is 0 Å². The number of carbonyl (C=O) groups is 2. The van der Waals surface area contributed by atoms with Crippen molar-refractivity contribution in [3.8, 4) is 5.69 Å². The number of piperazine rings is 1. The lowest BCUT2D eigenvalue weighted by Crippen LogP contribution is -2.48. The number of amides is 3. The number of urea groups is 1. The minimum atomic E-state index is -0.949. The molecule has 11 heteroatoms. The van der Waals surface area contributed by atoms with Crippen LogP contribution in [0.4, 0.5) is 15.4 Å². The molecule has 1 aromatic heterocycles. The standard InChI is InChI=1S/C25H35N7O4/c1-2-30(20-9-5-19(6-10-20)27-25(35)36)17-18-3-7-21(8-4-18)32-14-11-22(29-24(32)34)28-23(33)31-15-12-26-13-16-31/h3-4,7-8,11,14,19-20,26-27H,2,5-6,9-10,12-13,15-17H2,1H3,(H,35,36)(H,28,29,33,34)/t19-,20-. The Labute approximate surface area is 210 Å². The van der Waals surface area contributed by atoms with Crippen LogP contribution in [0, 0.1) is 0 Å². The molecule has 2 aliphatic rings. The van der Waals surface area contributed by atoms with E-state index in [1.54, 1.807) is 17.2 Å². The largest absolute Gasteiger partial charge is 0.465 e. The van der Waals surface area contributed by atoms with Crippen LogP contribution in [-0.2, 0) is 6.54 Å². The molecule has 2 heterocycles. The van der Waals surface area contributed by atoms with E-state index in [4.69, 9.17) is 5.11 Å². The van der Waals surface area contributed by atoms with E-state index in [0.29, 0.717) is 24.8 Å². The summed E-state index contributed by atoms with van der Waals surface area (Å²) < 4.78 is 1.46. The van der Waals surface area contributed by atoms with Crippen LogP contribution in [0.25, 0.3) is 5.69 Å². The van der Waals surface area contributed by atoms with Crippen molar-refractivity contribution in [3.05, 3.63) is 52.6 Å². The van der Waals surface area contributed by atoms with Gasteiger partial charge >= 0.3 is 17.8 Å². The first-order valence-electron chi connectivity index (χ1n) is 12.6. The van der Waals surface area contributed by atoms with E-state index >= 15 is 0 Å². The van der Waals surface area contributed by atoms with Gasteiger partial charge in [-0.1, -0.05) is 19.1 Å². The van der Waals surface area contributed by atoms with Crippen LogP contribution >= 0.6 is 0 Å². The van der Waals surface area contributed by atoms with Gasteiger partial charge < -0.3 is 20.6 Å². The van der Waals surface area contributed by atoms with Crippen LogP contribution < -0.4 is 21.6 Å². The number of nitrogens with one attached hydrogen (secondary N) is 3. The summed E-state index contributed by atoms with van der Waals surface area (Å²) in [6, 6.07) is 9.69. The lowest BCUT2D eigenvalue weighted by atomic mass is 9.90. The van der Waals surface area contributed by atoms with Gasteiger partial charge in [0.05, 0.1) is 5.69 Å². The van der Waals surface area contributed by atoms with Gasteiger partial charge in [-0.3, -0.25) is 14.8 Å². The summed E-state index contributed by atoms with van der Waals surface area (Å²) in [7, 11) is 0. The predicted molar refractivity (Wildman–Crippen MR) is 137 cm³/mol. The van der Waals surface area contributed by atoms with Crippen molar-refractivity contribution in [1.82, 2.24) is 30.0 Å². The van der Waals surface area contributed by atoms with Crippen LogP contribution in [0.1, 0.15) is 38.2 Å². The van der Waals surface area contributed by atoms with Gasteiger partial charge in [0.15, 0.2) is 0 Å². The highest BCUT2D eigenvalue weighted by Crippen LogP contribution is 2.25. The average Bonchev–Trinajstić information content (AvgIpc) is 2.88. The zero-order valence-corrected chi connectivity index (χ0v) is 20.7. The number of hydrogen-bond donors (Lipinski definition) is 4. The molecule has 11 nitrogen and oxygen atoms in total. The Morgan fingerprint density at radius 1 is 1.11 bits per heavy atom. The fourth-order valence-electron chi connectivity index (χ4n) is 4.98. The lowest BCUT2D eigenvalue weighted by molar-refractivity contribution is 0.138. The first-order valence-corrected chi connectivity index (χ1v) is 12.6. The summed E-state index contributed by atoms with van der Waals surface area (Å²) >= 11 is 0. The van der Waals surface area contributed by atoms with Crippen LogP contribution in [0.3, 0.4) is 0 Å². The Kier molecular flexibility index (Phi) is 8.55. The molecule has 36 heavy (non-hydrogen) atoms. The number of nitrogens with zero attached hydrogens (tertiary/aromatic N) is 4. The molecule has 1 aliphatic heterocycles. The molecule has 0 spiro atoms. The van der Waals surface area contributed by atoms with Gasteiger partial charge in [-0.05, 0) is 56.0 Å². The monoisotopic (exact) mass is 497 g/mol. The maximum Gasteiger partial charge on any atom is 0.404 e. The molecule has 0 atom stereocenters. The second-order valence-electron chi connectivity index (χ2n) is 9.32. The topological polar surface area (TPSA) is 132 Å². The van der Waals surface area contributed by atoms with E-state index in [9.17, 15) is 14.4 Å². The third-order valence-electron chi connectivity index (χ3n) is 6.99. The molecular formula is C25H35N7O4. The van der Waals surface area contributed by atoms with Crippen LogP contribution in [0.2, 0.25) is 0 Å². The number of carbonyl (C=O) groups excluding carboxylic acids is 1. The maximum absolute atomic E-state index is 12.6. The minimum Gasteiger partial charge on any atom is -0.465 e. The van der Waals surface area contributed by atoms with Crippen molar-refractivity contribution in [2.75, 3.05) is 38.0 Å². The van der Waals surface area contributed by atoms with E-state index in [2.05, 4.69) is 32.8 Å². The molecule has 2 aromatic rings. The minimum absolute atomic E-state index is 0.0467. The van der Waals surface area contributed by atoms with Crippen molar-refractivity contribution in [2.45, 2.75) is 51.2 Å². The van der Waals surface area contributed by atoms with Gasteiger partial charge in [0.25, 0.3) is 0 Å². The normalized spacial score (nSPS) is 20.2. The summed E-state index contributed by atoms with van der Waals surface area (Å²) in [6.45, 7) is 6.59. The number of hydrogen-bond acceptors (Lipinski definition) is 6. The molecule has 0 radical (unpaired) electrons. The third kappa shape index (κ3) is 6.61. The number of benzene rings is 1. The highest BCUT2D eigenvalue weighted by Gasteiger charge is 2.26. The van der Waals surface area contributed by atoms with Gasteiger partial charge in [0.2, 0.25) is 0 Å². The zero-order valence-electron chi connectivity index (χ0n) is 20.7. The SMILES string of the molecule is CCN(Cc1ccc(-n2ccc(NC(=O)N3CCNCC3)nc2=O)cc1)[C@H]1CC[C@H](NC(=O)O)CC1. The van der Waals surface area contributed by atoms with Gasteiger partial charge in [-0.25, -0.2) is 14.4 Å². The first-order chi connectivity index (χ1) is 17.4. The molecule has 1 aromatic carbocycles. The number of carboxylic acid groups (broad SMARTS) is 1. The van der Waals surface area contributed by atoms with E-state index in [1.165, 1.54) is 4.57 Å². The van der Waals surface area contributed by atoms with Crippen molar-refractivity contribution < 1.29 is 14.7 Å². The number of aromatic nitrogens is 2. The first kappa shape index (κ1) is 25.6. The van der Waals surface area contributed by atoms with Gasteiger partial charge in [-0.2, -0.15) is 4.98 Å². The Hall–Kier alpha value is -3.44. The predicted octanol–water partition coefficient (Wildman–Crippen LogP) is 2.07. The second-order valence-corrected chi connectivity index (χ2v) is 9.32. The smallest absolute Gasteiger partial charge is 0.404 e. The number of rotatable bonds is 7. The Morgan fingerprint density at radius 2 is 1.81 bits per heavy atom.